The maximum absolute atomic E-state index is 11.9. The molecule has 2 aliphatic rings. The summed E-state index contributed by atoms with van der Waals surface area (Å²) in [4.78, 5) is 23.0. The summed E-state index contributed by atoms with van der Waals surface area (Å²) < 4.78 is 0. The van der Waals surface area contributed by atoms with E-state index in [1.807, 2.05) is 0 Å². The van der Waals surface area contributed by atoms with Gasteiger partial charge in [0, 0.05) is 13.1 Å². The summed E-state index contributed by atoms with van der Waals surface area (Å²) in [7, 11) is 0. The Morgan fingerprint density at radius 3 is 2.63 bits per heavy atom. The summed E-state index contributed by atoms with van der Waals surface area (Å²) in [5.41, 5.74) is 0. The summed E-state index contributed by atoms with van der Waals surface area (Å²) in [6.07, 6.45) is 3.52. The lowest BCUT2D eigenvalue weighted by Gasteiger charge is -2.28. The van der Waals surface area contributed by atoms with Crippen molar-refractivity contribution in [2.45, 2.75) is 44.2 Å². The van der Waals surface area contributed by atoms with Gasteiger partial charge in [0.05, 0.1) is 18.1 Å². The van der Waals surface area contributed by atoms with Crippen LogP contribution in [0.2, 0.25) is 0 Å². The number of carboxylic acids is 1. The SMILES string of the molecule is O=C(NCC1CCCCC1C(=O)O)C1CC(O)CN1. The zero-order chi connectivity index (χ0) is 13.8. The van der Waals surface area contributed by atoms with E-state index in [1.54, 1.807) is 0 Å². The zero-order valence-corrected chi connectivity index (χ0v) is 11.0. The highest BCUT2D eigenvalue weighted by Crippen LogP contribution is 2.29. The highest BCUT2D eigenvalue weighted by molar-refractivity contribution is 5.82. The highest BCUT2D eigenvalue weighted by atomic mass is 16.4. The molecule has 0 aromatic heterocycles. The maximum Gasteiger partial charge on any atom is 0.306 e. The lowest BCUT2D eigenvalue weighted by atomic mass is 9.79. The van der Waals surface area contributed by atoms with Gasteiger partial charge in [-0.25, -0.2) is 0 Å². The Kier molecular flexibility index (Phi) is 4.76. The number of rotatable bonds is 4. The van der Waals surface area contributed by atoms with Crippen LogP contribution in [0.1, 0.15) is 32.1 Å². The molecule has 1 amide bonds. The molecule has 2 fully saturated rings. The van der Waals surface area contributed by atoms with Gasteiger partial charge in [-0.2, -0.15) is 0 Å². The normalized spacial score (nSPS) is 35.0. The van der Waals surface area contributed by atoms with E-state index in [9.17, 15) is 14.7 Å². The van der Waals surface area contributed by atoms with Crippen molar-refractivity contribution in [2.75, 3.05) is 13.1 Å². The first-order valence-electron chi connectivity index (χ1n) is 7.00. The van der Waals surface area contributed by atoms with Gasteiger partial charge in [-0.05, 0) is 25.2 Å². The summed E-state index contributed by atoms with van der Waals surface area (Å²) in [5.74, 6) is -1.20. The van der Waals surface area contributed by atoms with Crippen molar-refractivity contribution in [3.8, 4) is 0 Å². The van der Waals surface area contributed by atoms with Gasteiger partial charge in [-0.3, -0.25) is 9.59 Å². The lowest BCUT2D eigenvalue weighted by molar-refractivity contribution is -0.145. The van der Waals surface area contributed by atoms with Crippen LogP contribution in [0.5, 0.6) is 0 Å². The molecule has 0 bridgehead atoms. The molecule has 6 heteroatoms. The molecule has 0 aromatic rings. The smallest absolute Gasteiger partial charge is 0.306 e. The molecule has 1 saturated heterocycles. The van der Waals surface area contributed by atoms with E-state index in [4.69, 9.17) is 5.11 Å². The fraction of sp³-hybridized carbons (Fsp3) is 0.846. The molecule has 0 spiro atoms. The van der Waals surface area contributed by atoms with E-state index in [2.05, 4.69) is 10.6 Å². The van der Waals surface area contributed by atoms with E-state index in [0.717, 1.165) is 19.3 Å². The Hall–Kier alpha value is -1.14. The van der Waals surface area contributed by atoms with Crippen molar-refractivity contribution in [1.29, 1.82) is 0 Å². The molecule has 0 aromatic carbocycles. The van der Waals surface area contributed by atoms with Crippen LogP contribution in [-0.4, -0.2) is 47.3 Å². The van der Waals surface area contributed by atoms with Crippen molar-refractivity contribution in [3.05, 3.63) is 0 Å². The molecule has 1 aliphatic heterocycles. The van der Waals surface area contributed by atoms with Crippen LogP contribution in [-0.2, 0) is 9.59 Å². The Morgan fingerprint density at radius 2 is 2.00 bits per heavy atom. The van der Waals surface area contributed by atoms with E-state index in [-0.39, 0.29) is 23.8 Å². The van der Waals surface area contributed by atoms with Gasteiger partial charge in [0.15, 0.2) is 0 Å². The second-order valence-corrected chi connectivity index (χ2v) is 5.58. The lowest BCUT2D eigenvalue weighted by Crippen LogP contribution is -2.44. The second kappa shape index (κ2) is 6.34. The quantitative estimate of drug-likeness (QED) is 0.563. The Balaban J connectivity index is 1.80. The van der Waals surface area contributed by atoms with Crippen molar-refractivity contribution in [3.63, 3.8) is 0 Å². The number of aliphatic carboxylic acids is 1. The van der Waals surface area contributed by atoms with Crippen molar-refractivity contribution in [1.82, 2.24) is 10.6 Å². The van der Waals surface area contributed by atoms with Crippen molar-refractivity contribution in [2.24, 2.45) is 11.8 Å². The minimum Gasteiger partial charge on any atom is -0.481 e. The van der Waals surface area contributed by atoms with Gasteiger partial charge in [-0.15, -0.1) is 0 Å². The molecule has 1 heterocycles. The van der Waals surface area contributed by atoms with Gasteiger partial charge < -0.3 is 20.8 Å². The van der Waals surface area contributed by atoms with Crippen LogP contribution < -0.4 is 10.6 Å². The number of nitrogens with one attached hydrogen (secondary N) is 2. The van der Waals surface area contributed by atoms with E-state index < -0.39 is 12.1 Å². The van der Waals surface area contributed by atoms with Gasteiger partial charge in [0.25, 0.3) is 0 Å². The topological polar surface area (TPSA) is 98.7 Å². The first-order valence-corrected chi connectivity index (χ1v) is 7.00. The van der Waals surface area contributed by atoms with Crippen LogP contribution in [0, 0.1) is 11.8 Å². The first-order chi connectivity index (χ1) is 9.08. The summed E-state index contributed by atoms with van der Waals surface area (Å²) in [6.45, 7) is 0.864. The number of carboxylic acid groups (broad SMARTS) is 1. The largest absolute Gasteiger partial charge is 0.481 e. The second-order valence-electron chi connectivity index (χ2n) is 5.58. The molecule has 6 nitrogen and oxygen atoms in total. The van der Waals surface area contributed by atoms with E-state index in [1.165, 1.54) is 0 Å². The number of amides is 1. The van der Waals surface area contributed by atoms with Crippen LogP contribution in [0.25, 0.3) is 0 Å². The average molecular weight is 270 g/mol. The van der Waals surface area contributed by atoms with Gasteiger partial charge in [0.2, 0.25) is 5.91 Å². The van der Waals surface area contributed by atoms with Crippen LogP contribution >= 0.6 is 0 Å². The third-order valence-corrected chi connectivity index (χ3v) is 4.19. The Labute approximate surface area is 112 Å². The predicted octanol–water partition coefficient (Wildman–Crippen LogP) is -0.284. The number of carbonyl (C=O) groups excluding carboxylic acids is 1. The van der Waals surface area contributed by atoms with Crippen LogP contribution in [0.3, 0.4) is 0 Å². The zero-order valence-electron chi connectivity index (χ0n) is 11.0. The third kappa shape index (κ3) is 3.67. The van der Waals surface area contributed by atoms with Gasteiger partial charge >= 0.3 is 5.97 Å². The van der Waals surface area contributed by atoms with Crippen LogP contribution in [0.15, 0.2) is 0 Å². The number of hydrogen-bond donors (Lipinski definition) is 4. The summed E-state index contributed by atoms with van der Waals surface area (Å²) in [6, 6.07) is -0.345. The molecule has 4 atom stereocenters. The van der Waals surface area contributed by atoms with E-state index >= 15 is 0 Å². The Bertz CT molecular complexity index is 348. The number of carbonyl (C=O) groups is 2. The van der Waals surface area contributed by atoms with E-state index in [0.29, 0.717) is 25.9 Å². The van der Waals surface area contributed by atoms with Crippen molar-refractivity contribution < 1.29 is 19.8 Å². The monoisotopic (exact) mass is 270 g/mol. The first kappa shape index (κ1) is 14.3. The summed E-state index contributed by atoms with van der Waals surface area (Å²) >= 11 is 0. The fourth-order valence-corrected chi connectivity index (χ4v) is 3.05. The standard InChI is InChI=1S/C13H22N2O4/c16-9-5-11(14-7-9)12(17)15-6-8-3-1-2-4-10(8)13(18)19/h8-11,14,16H,1-7H2,(H,15,17)(H,18,19). The minimum absolute atomic E-state index is 0.0292. The number of aliphatic hydroxyl groups excluding tert-OH is 1. The number of β-amino-alcohol motifs (C(OH)–C–C–N with tert-alkyl or cyclic N) is 1. The highest BCUT2D eigenvalue weighted by Gasteiger charge is 2.32. The van der Waals surface area contributed by atoms with Gasteiger partial charge in [-0.1, -0.05) is 12.8 Å². The maximum atomic E-state index is 11.9. The molecule has 1 saturated carbocycles. The predicted molar refractivity (Wildman–Crippen MR) is 68.5 cm³/mol. The van der Waals surface area contributed by atoms with Gasteiger partial charge in [0.1, 0.15) is 0 Å². The third-order valence-electron chi connectivity index (χ3n) is 4.19. The number of aliphatic hydroxyl groups is 1. The molecule has 1 aliphatic carbocycles. The molecular formula is C13H22N2O4. The molecular weight excluding hydrogens is 248 g/mol. The Morgan fingerprint density at radius 1 is 1.26 bits per heavy atom. The molecule has 19 heavy (non-hydrogen) atoms. The van der Waals surface area contributed by atoms with Crippen molar-refractivity contribution >= 4 is 11.9 Å². The number of hydrogen-bond acceptors (Lipinski definition) is 4. The minimum atomic E-state index is -0.756. The molecule has 4 N–H and O–H groups in total. The molecule has 0 radical (unpaired) electrons. The average Bonchev–Trinajstić information content (AvgIpc) is 2.83. The summed E-state index contributed by atoms with van der Waals surface area (Å²) in [5, 5.41) is 24.3. The molecule has 108 valence electrons. The molecule has 4 unspecified atom stereocenters. The molecule has 2 rings (SSSR count). The fourth-order valence-electron chi connectivity index (χ4n) is 3.05. The van der Waals surface area contributed by atoms with Crippen LogP contribution in [0.4, 0.5) is 0 Å².